The zero-order valence-corrected chi connectivity index (χ0v) is 15.9. The molecule has 4 rings (SSSR count). The number of piperidine rings is 1. The first-order valence-electron chi connectivity index (χ1n) is 9.41. The maximum Gasteiger partial charge on any atom is 0.236 e. The van der Waals surface area contributed by atoms with Crippen molar-refractivity contribution in [3.05, 3.63) is 54.6 Å². The van der Waals surface area contributed by atoms with Gasteiger partial charge in [-0.2, -0.15) is 0 Å². The number of rotatable bonds is 4. The lowest BCUT2D eigenvalue weighted by molar-refractivity contribution is -0.136. The molecule has 2 aliphatic heterocycles. The smallest absolute Gasteiger partial charge is 0.236 e. The second kappa shape index (κ2) is 7.61. The predicted molar refractivity (Wildman–Crippen MR) is 107 cm³/mol. The van der Waals surface area contributed by atoms with Crippen molar-refractivity contribution < 1.29 is 14.3 Å². The molecule has 2 heterocycles. The Hall–Kier alpha value is -2.90. The number of ketones is 1. The van der Waals surface area contributed by atoms with Gasteiger partial charge < -0.3 is 10.1 Å². The van der Waals surface area contributed by atoms with Crippen LogP contribution in [0.25, 0.3) is 0 Å². The Morgan fingerprint density at radius 3 is 2.71 bits per heavy atom. The normalized spacial score (nSPS) is 26.6. The Morgan fingerprint density at radius 1 is 1.18 bits per heavy atom. The van der Waals surface area contributed by atoms with Gasteiger partial charge in [0.2, 0.25) is 5.91 Å². The number of para-hydroxylation sites is 1. The maximum atomic E-state index is 13.2. The monoisotopic (exact) mass is 380 g/mol. The molecule has 0 radical (unpaired) electrons. The molecule has 2 aromatic carbocycles. The summed E-state index contributed by atoms with van der Waals surface area (Å²) in [4.78, 5) is 25.9. The van der Waals surface area contributed by atoms with E-state index < -0.39 is 5.92 Å². The molecule has 28 heavy (non-hydrogen) atoms. The highest BCUT2D eigenvalue weighted by Gasteiger charge is 2.50. The standard InChI is InChI=1S/C21H24N4O3/c1-13-18-19(26)17(21(27)23-14-7-6-10-16(11-14)28-2)12-22-20(18)25(24-13)15-8-4-3-5-9-15/h3-11,13,17-18,20,22,24H,12H2,1-2H3,(H,23,27). The number of ether oxygens (including phenoxy) is 1. The van der Waals surface area contributed by atoms with E-state index in [1.165, 1.54) is 0 Å². The number of anilines is 2. The van der Waals surface area contributed by atoms with E-state index in [4.69, 9.17) is 4.74 Å². The molecule has 0 aliphatic carbocycles. The first-order chi connectivity index (χ1) is 13.6. The molecule has 0 saturated carbocycles. The number of Topliss-reactive ketones (excluding diaryl/α,β-unsaturated/α-hetero) is 1. The third-order valence-corrected chi connectivity index (χ3v) is 5.39. The molecular formula is C21H24N4O3. The number of carbonyl (C=O) groups is 2. The summed E-state index contributed by atoms with van der Waals surface area (Å²) in [5, 5.41) is 8.22. The highest BCUT2D eigenvalue weighted by molar-refractivity contribution is 6.09. The fourth-order valence-electron chi connectivity index (χ4n) is 3.98. The first-order valence-corrected chi connectivity index (χ1v) is 9.41. The van der Waals surface area contributed by atoms with E-state index in [1.807, 2.05) is 42.3 Å². The number of methoxy groups -OCH3 is 1. The lowest BCUT2D eigenvalue weighted by atomic mass is 9.83. The maximum absolute atomic E-state index is 13.2. The largest absolute Gasteiger partial charge is 0.497 e. The fraction of sp³-hybridized carbons (Fsp3) is 0.333. The Morgan fingerprint density at radius 2 is 1.96 bits per heavy atom. The predicted octanol–water partition coefficient (Wildman–Crippen LogP) is 1.78. The number of hydrogen-bond acceptors (Lipinski definition) is 6. The van der Waals surface area contributed by atoms with E-state index in [0.717, 1.165) is 5.69 Å². The van der Waals surface area contributed by atoms with Gasteiger partial charge in [-0.3, -0.25) is 19.9 Å². The van der Waals surface area contributed by atoms with Crippen molar-refractivity contribution in [2.45, 2.75) is 19.1 Å². The SMILES string of the molecule is COc1cccc(NC(=O)C2CNC3C(C2=O)C(C)NN3c2ccccc2)c1. The third-order valence-electron chi connectivity index (χ3n) is 5.39. The lowest BCUT2D eigenvalue weighted by Crippen LogP contribution is -2.58. The summed E-state index contributed by atoms with van der Waals surface area (Å²) >= 11 is 0. The molecule has 0 aromatic heterocycles. The van der Waals surface area contributed by atoms with Crippen molar-refractivity contribution in [2.75, 3.05) is 24.0 Å². The fourth-order valence-corrected chi connectivity index (χ4v) is 3.98. The first kappa shape index (κ1) is 18.5. The van der Waals surface area contributed by atoms with E-state index in [1.54, 1.807) is 31.4 Å². The average Bonchev–Trinajstić information content (AvgIpc) is 3.06. The van der Waals surface area contributed by atoms with Gasteiger partial charge in [-0.15, -0.1) is 0 Å². The van der Waals surface area contributed by atoms with Crippen LogP contribution in [0.4, 0.5) is 11.4 Å². The molecule has 1 amide bonds. The number of nitrogens with one attached hydrogen (secondary N) is 3. The van der Waals surface area contributed by atoms with E-state index >= 15 is 0 Å². The van der Waals surface area contributed by atoms with Gasteiger partial charge >= 0.3 is 0 Å². The number of nitrogens with zero attached hydrogens (tertiary/aromatic N) is 1. The van der Waals surface area contributed by atoms with Crippen LogP contribution in [-0.4, -0.2) is 37.6 Å². The third kappa shape index (κ3) is 3.34. The van der Waals surface area contributed by atoms with Crippen LogP contribution in [0.1, 0.15) is 6.92 Å². The topological polar surface area (TPSA) is 82.7 Å². The lowest BCUT2D eigenvalue weighted by Gasteiger charge is -2.35. The molecule has 2 aromatic rings. The zero-order chi connectivity index (χ0) is 19.7. The van der Waals surface area contributed by atoms with Crippen LogP contribution in [0.5, 0.6) is 5.75 Å². The van der Waals surface area contributed by atoms with E-state index in [0.29, 0.717) is 18.0 Å². The summed E-state index contributed by atoms with van der Waals surface area (Å²) < 4.78 is 5.18. The van der Waals surface area contributed by atoms with Gasteiger partial charge in [-0.25, -0.2) is 5.43 Å². The molecule has 7 nitrogen and oxygen atoms in total. The number of fused-ring (bicyclic) bond motifs is 1. The zero-order valence-electron chi connectivity index (χ0n) is 15.9. The Bertz CT molecular complexity index is 873. The minimum Gasteiger partial charge on any atom is -0.497 e. The van der Waals surface area contributed by atoms with Crippen molar-refractivity contribution in [2.24, 2.45) is 11.8 Å². The summed E-state index contributed by atoms with van der Waals surface area (Å²) in [6, 6.07) is 16.9. The summed E-state index contributed by atoms with van der Waals surface area (Å²) in [7, 11) is 1.57. The summed E-state index contributed by atoms with van der Waals surface area (Å²) in [5.74, 6) is -0.724. The molecule has 146 valence electrons. The Kier molecular flexibility index (Phi) is 5.02. The van der Waals surface area contributed by atoms with Gasteiger partial charge in [0.25, 0.3) is 0 Å². The van der Waals surface area contributed by atoms with Crippen LogP contribution < -0.4 is 25.8 Å². The van der Waals surface area contributed by atoms with Gasteiger partial charge in [0.1, 0.15) is 17.8 Å². The van der Waals surface area contributed by atoms with Gasteiger partial charge in [0.05, 0.1) is 18.7 Å². The van der Waals surface area contributed by atoms with Crippen LogP contribution in [-0.2, 0) is 9.59 Å². The molecule has 2 saturated heterocycles. The number of benzene rings is 2. The van der Waals surface area contributed by atoms with E-state index in [2.05, 4.69) is 16.1 Å². The van der Waals surface area contributed by atoms with Crippen molar-refractivity contribution in [3.63, 3.8) is 0 Å². The van der Waals surface area contributed by atoms with Crippen LogP contribution >= 0.6 is 0 Å². The van der Waals surface area contributed by atoms with Crippen LogP contribution in [0.15, 0.2) is 54.6 Å². The molecular weight excluding hydrogens is 356 g/mol. The molecule has 4 unspecified atom stereocenters. The van der Waals surface area contributed by atoms with Crippen molar-refractivity contribution in [1.29, 1.82) is 0 Å². The van der Waals surface area contributed by atoms with Gasteiger partial charge in [-0.1, -0.05) is 24.3 Å². The molecule has 3 N–H and O–H groups in total. The average molecular weight is 380 g/mol. The highest BCUT2D eigenvalue weighted by Crippen LogP contribution is 2.32. The van der Waals surface area contributed by atoms with Crippen LogP contribution in [0.3, 0.4) is 0 Å². The minimum absolute atomic E-state index is 0.0393. The Balaban J connectivity index is 1.49. The number of carbonyl (C=O) groups excluding carboxylic acids is 2. The van der Waals surface area contributed by atoms with Gasteiger partial charge in [-0.05, 0) is 31.2 Å². The highest BCUT2D eigenvalue weighted by atomic mass is 16.5. The molecule has 0 bridgehead atoms. The van der Waals surface area contributed by atoms with Crippen molar-refractivity contribution in [3.8, 4) is 5.75 Å². The minimum atomic E-state index is -0.729. The second-order valence-corrected chi connectivity index (χ2v) is 7.18. The molecule has 7 heteroatoms. The number of hydrogen-bond donors (Lipinski definition) is 3. The molecule has 0 spiro atoms. The van der Waals surface area contributed by atoms with E-state index in [9.17, 15) is 9.59 Å². The van der Waals surface area contributed by atoms with Crippen LogP contribution in [0.2, 0.25) is 0 Å². The van der Waals surface area contributed by atoms with Crippen LogP contribution in [0, 0.1) is 11.8 Å². The van der Waals surface area contributed by atoms with Crippen molar-refractivity contribution >= 4 is 23.1 Å². The quantitative estimate of drug-likeness (QED) is 0.702. The van der Waals surface area contributed by atoms with E-state index in [-0.39, 0.29) is 29.8 Å². The molecule has 2 aliphatic rings. The van der Waals surface area contributed by atoms with Crippen molar-refractivity contribution in [1.82, 2.24) is 10.7 Å². The molecule has 4 atom stereocenters. The van der Waals surface area contributed by atoms with Gasteiger partial charge in [0, 0.05) is 24.3 Å². The summed E-state index contributed by atoms with van der Waals surface area (Å²) in [6.07, 6.45) is -0.175. The number of hydrazine groups is 1. The Labute approximate surface area is 164 Å². The summed E-state index contributed by atoms with van der Waals surface area (Å²) in [5.41, 5.74) is 4.97. The molecule has 2 fully saturated rings. The number of amides is 1. The van der Waals surface area contributed by atoms with Gasteiger partial charge in [0.15, 0.2) is 5.78 Å². The summed E-state index contributed by atoms with van der Waals surface area (Å²) in [6.45, 7) is 2.27. The second-order valence-electron chi connectivity index (χ2n) is 7.18.